The lowest BCUT2D eigenvalue weighted by Gasteiger charge is -2.23. The summed E-state index contributed by atoms with van der Waals surface area (Å²) in [5, 5.41) is 24.6. The second-order valence-electron chi connectivity index (χ2n) is 8.81. The van der Waals surface area contributed by atoms with Crippen molar-refractivity contribution >= 4 is 16.8 Å². The first-order valence-corrected chi connectivity index (χ1v) is 11.6. The molecule has 35 heavy (non-hydrogen) atoms. The number of rotatable bonds is 7. The molecule has 1 aliphatic carbocycles. The highest BCUT2D eigenvalue weighted by atomic mass is 16.5. The molecule has 1 heterocycles. The first-order valence-electron chi connectivity index (χ1n) is 11.6. The van der Waals surface area contributed by atoms with Crippen molar-refractivity contribution in [2.45, 2.75) is 25.3 Å². The van der Waals surface area contributed by atoms with Crippen LogP contribution in [0.4, 0.5) is 0 Å². The second-order valence-corrected chi connectivity index (χ2v) is 8.81. The first kappa shape index (κ1) is 22.8. The Hall–Kier alpha value is -3.97. The predicted octanol–water partition coefficient (Wildman–Crippen LogP) is 3.99. The molecular weight excluding hydrogens is 444 g/mol. The molecule has 7 nitrogen and oxygen atoms in total. The fraction of sp³-hybridized carbons (Fsp3) is 0.250. The number of H-pyrrole nitrogens is 1. The van der Waals surface area contributed by atoms with Crippen molar-refractivity contribution < 1.29 is 24.5 Å². The quantitative estimate of drug-likeness (QED) is 0.326. The van der Waals surface area contributed by atoms with Crippen LogP contribution in [-0.2, 0) is 19.3 Å². The average molecular weight is 473 g/mol. The minimum atomic E-state index is -0.506. The molecule has 180 valence electrons. The van der Waals surface area contributed by atoms with Crippen molar-refractivity contribution in [3.05, 3.63) is 77.0 Å². The number of carbonyl (C=O) groups is 1. The molecule has 5 rings (SSSR count). The average Bonchev–Trinajstić information content (AvgIpc) is 3.29. The van der Waals surface area contributed by atoms with E-state index in [-0.39, 0.29) is 17.9 Å². The van der Waals surface area contributed by atoms with Crippen molar-refractivity contribution in [3.8, 4) is 28.4 Å². The number of para-hydroxylation sites is 1. The maximum atomic E-state index is 13.2. The molecule has 0 radical (unpaired) electrons. The summed E-state index contributed by atoms with van der Waals surface area (Å²) in [7, 11) is 3.20. The lowest BCUT2D eigenvalue weighted by Crippen LogP contribution is -2.39. The number of aryl methyl sites for hydroxylation is 2. The van der Waals surface area contributed by atoms with Gasteiger partial charge in [0.2, 0.25) is 0 Å². The molecule has 1 amide bonds. The maximum Gasteiger partial charge on any atom is 0.255 e. The number of carbonyl (C=O) groups excluding carboxylic acids is 1. The van der Waals surface area contributed by atoms with Gasteiger partial charge in [0.1, 0.15) is 5.75 Å². The number of fused-ring (bicyclic) bond motifs is 4. The van der Waals surface area contributed by atoms with E-state index in [0.717, 1.165) is 51.6 Å². The summed E-state index contributed by atoms with van der Waals surface area (Å²) in [5.41, 5.74) is 6.08. The van der Waals surface area contributed by atoms with Gasteiger partial charge in [0, 0.05) is 17.1 Å². The number of amides is 1. The number of aliphatic hydroxyl groups is 1. The third kappa shape index (κ3) is 4.19. The Morgan fingerprint density at radius 3 is 2.46 bits per heavy atom. The number of aromatic hydroxyl groups is 1. The van der Waals surface area contributed by atoms with E-state index < -0.39 is 11.9 Å². The van der Waals surface area contributed by atoms with Crippen LogP contribution >= 0.6 is 0 Å². The van der Waals surface area contributed by atoms with Crippen LogP contribution in [0.3, 0.4) is 0 Å². The number of hydrogen-bond acceptors (Lipinski definition) is 5. The van der Waals surface area contributed by atoms with E-state index >= 15 is 0 Å². The van der Waals surface area contributed by atoms with Gasteiger partial charge in [0.15, 0.2) is 11.5 Å². The second kappa shape index (κ2) is 9.35. The molecule has 0 aliphatic heterocycles. The van der Waals surface area contributed by atoms with Crippen molar-refractivity contribution in [2.24, 2.45) is 0 Å². The Kier molecular flexibility index (Phi) is 6.09. The zero-order valence-electron chi connectivity index (χ0n) is 19.7. The van der Waals surface area contributed by atoms with Crippen LogP contribution in [0.5, 0.6) is 17.2 Å². The predicted molar refractivity (Wildman–Crippen MR) is 134 cm³/mol. The van der Waals surface area contributed by atoms with Crippen molar-refractivity contribution in [1.82, 2.24) is 10.3 Å². The van der Waals surface area contributed by atoms with Gasteiger partial charge in [-0.1, -0.05) is 18.2 Å². The zero-order valence-corrected chi connectivity index (χ0v) is 19.7. The van der Waals surface area contributed by atoms with Gasteiger partial charge in [-0.05, 0) is 77.4 Å². The van der Waals surface area contributed by atoms with E-state index in [1.165, 1.54) is 0 Å². The third-order valence-corrected chi connectivity index (χ3v) is 6.73. The highest BCUT2D eigenvalue weighted by molar-refractivity contribution is 5.99. The molecule has 3 aromatic carbocycles. The van der Waals surface area contributed by atoms with Gasteiger partial charge in [0.05, 0.1) is 32.4 Å². The summed E-state index contributed by atoms with van der Waals surface area (Å²) in [5.74, 6) is 0.762. The lowest BCUT2D eigenvalue weighted by atomic mass is 9.84. The van der Waals surface area contributed by atoms with Crippen molar-refractivity contribution in [3.63, 3.8) is 0 Å². The topological polar surface area (TPSA) is 104 Å². The Balaban J connectivity index is 1.44. The Morgan fingerprint density at radius 2 is 1.71 bits per heavy atom. The molecule has 0 saturated heterocycles. The van der Waals surface area contributed by atoms with Gasteiger partial charge in [-0.25, -0.2) is 0 Å². The summed E-state index contributed by atoms with van der Waals surface area (Å²) < 4.78 is 10.9. The van der Waals surface area contributed by atoms with Gasteiger partial charge < -0.3 is 30.0 Å². The van der Waals surface area contributed by atoms with Crippen LogP contribution in [0.25, 0.3) is 22.0 Å². The molecule has 7 heteroatoms. The van der Waals surface area contributed by atoms with Crippen molar-refractivity contribution in [1.29, 1.82) is 0 Å². The minimum Gasteiger partial charge on any atom is -0.507 e. The van der Waals surface area contributed by atoms with E-state index in [0.29, 0.717) is 17.9 Å². The molecule has 4 aromatic rings. The van der Waals surface area contributed by atoms with E-state index in [2.05, 4.69) is 10.3 Å². The Bertz CT molecular complexity index is 1410. The number of nitrogens with one attached hydrogen (secondary N) is 2. The molecule has 1 aliphatic rings. The number of benzene rings is 3. The molecular formula is C28H28N2O5. The van der Waals surface area contributed by atoms with Gasteiger partial charge in [-0.2, -0.15) is 0 Å². The largest absolute Gasteiger partial charge is 0.507 e. The van der Waals surface area contributed by atoms with Crippen LogP contribution in [0, 0.1) is 0 Å². The van der Waals surface area contributed by atoms with E-state index in [4.69, 9.17) is 9.47 Å². The van der Waals surface area contributed by atoms with Crippen molar-refractivity contribution in [2.75, 3.05) is 20.8 Å². The third-order valence-electron chi connectivity index (χ3n) is 6.73. The molecule has 0 spiro atoms. The van der Waals surface area contributed by atoms with Crippen LogP contribution in [0.1, 0.15) is 27.0 Å². The number of methoxy groups -OCH3 is 2. The van der Waals surface area contributed by atoms with Gasteiger partial charge in [0.25, 0.3) is 5.91 Å². The number of phenols is 1. The fourth-order valence-electron chi connectivity index (χ4n) is 4.91. The highest BCUT2D eigenvalue weighted by Crippen LogP contribution is 2.42. The molecule has 1 aromatic heterocycles. The summed E-state index contributed by atoms with van der Waals surface area (Å²) >= 11 is 0. The number of aromatic nitrogens is 1. The fourth-order valence-corrected chi connectivity index (χ4v) is 4.91. The normalized spacial score (nSPS) is 13.1. The van der Waals surface area contributed by atoms with E-state index in [1.807, 2.05) is 42.6 Å². The number of hydrogen-bond donors (Lipinski definition) is 4. The molecule has 0 saturated carbocycles. The molecule has 0 bridgehead atoms. The number of ether oxygens (including phenoxy) is 2. The summed E-state index contributed by atoms with van der Waals surface area (Å²) in [6.07, 6.45) is 3.89. The highest BCUT2D eigenvalue weighted by Gasteiger charge is 2.24. The molecule has 4 N–H and O–H groups in total. The Morgan fingerprint density at radius 1 is 1.03 bits per heavy atom. The van der Waals surface area contributed by atoms with Gasteiger partial charge in [-0.15, -0.1) is 0 Å². The smallest absolute Gasteiger partial charge is 0.255 e. The summed E-state index contributed by atoms with van der Waals surface area (Å²) in [6, 6.07) is 14.7. The molecule has 0 unspecified atom stereocenters. The molecule has 1 atom stereocenters. The lowest BCUT2D eigenvalue weighted by molar-refractivity contribution is 0.0914. The standard InChI is InChI=1S/C28H28N2O5/c1-34-26-11-17-8-7-16-10-25(32)23(12-21(16)22(17)13-27(26)35-2)28(33)30-19(15-31)9-18-14-29-24-6-4-3-5-20(18)24/h3-6,10-14,19,29,31-32H,7-9,15H2,1-2H3,(H,30,33)/t19-/m1/s1. The van der Waals surface area contributed by atoms with Crippen LogP contribution in [0.2, 0.25) is 0 Å². The SMILES string of the molecule is COc1cc2c(cc1OC)-c1cc(C(=O)N[C@@H](CO)Cc3c[nH]c4ccccc34)c(O)cc1CC2. The van der Waals surface area contributed by atoms with Crippen LogP contribution < -0.4 is 14.8 Å². The molecule has 0 fully saturated rings. The number of phenolic OH excluding ortho intramolecular Hbond substituents is 1. The zero-order chi connectivity index (χ0) is 24.5. The summed E-state index contributed by atoms with van der Waals surface area (Å²) in [4.78, 5) is 16.4. The number of aromatic amines is 1. The van der Waals surface area contributed by atoms with E-state index in [1.54, 1.807) is 26.4 Å². The first-order chi connectivity index (χ1) is 17.0. The monoisotopic (exact) mass is 472 g/mol. The van der Waals surface area contributed by atoms with Crippen LogP contribution in [0.15, 0.2) is 54.7 Å². The van der Waals surface area contributed by atoms with Crippen LogP contribution in [-0.4, -0.2) is 48.0 Å². The van der Waals surface area contributed by atoms with Gasteiger partial charge in [-0.3, -0.25) is 4.79 Å². The van der Waals surface area contributed by atoms with Gasteiger partial charge >= 0.3 is 0 Å². The maximum absolute atomic E-state index is 13.2. The number of aliphatic hydroxyl groups excluding tert-OH is 1. The summed E-state index contributed by atoms with van der Waals surface area (Å²) in [6.45, 7) is -0.225. The van der Waals surface area contributed by atoms with E-state index in [9.17, 15) is 15.0 Å². The minimum absolute atomic E-state index is 0.0750. The Labute approximate surface area is 203 Å².